The smallest absolute Gasteiger partial charge is 0.318 e. The minimum atomic E-state index is -0.414. The monoisotopic (exact) mass is 253 g/mol. The standard InChI is InChI=1S/C13H23N3O2/c14-12(17)11-8-4-5-9-16(11)13(18)15-10-6-2-1-3-7-10/h10-11H,1-9H2,(H2,14,17)(H,15,18). The van der Waals surface area contributed by atoms with E-state index >= 15 is 0 Å². The fourth-order valence-electron chi connectivity index (χ4n) is 2.97. The molecule has 0 aromatic heterocycles. The van der Waals surface area contributed by atoms with Crippen molar-refractivity contribution < 1.29 is 9.59 Å². The zero-order valence-electron chi connectivity index (χ0n) is 10.9. The Balaban J connectivity index is 1.91. The minimum absolute atomic E-state index is 0.106. The van der Waals surface area contributed by atoms with E-state index in [1.165, 1.54) is 19.3 Å². The lowest BCUT2D eigenvalue weighted by Gasteiger charge is -2.35. The molecule has 0 aromatic rings. The molecule has 2 rings (SSSR count). The third-order valence-electron chi connectivity index (χ3n) is 4.02. The van der Waals surface area contributed by atoms with Crippen LogP contribution in [0.3, 0.4) is 0 Å². The van der Waals surface area contributed by atoms with Crippen LogP contribution >= 0.6 is 0 Å². The van der Waals surface area contributed by atoms with Gasteiger partial charge in [0.15, 0.2) is 0 Å². The van der Waals surface area contributed by atoms with Gasteiger partial charge in [0, 0.05) is 12.6 Å². The SMILES string of the molecule is NC(=O)C1CCCCN1C(=O)NC1CCCCC1. The number of nitrogens with one attached hydrogen (secondary N) is 1. The summed E-state index contributed by atoms with van der Waals surface area (Å²) in [6.45, 7) is 0.645. The number of hydrogen-bond acceptors (Lipinski definition) is 2. The predicted octanol–water partition coefficient (Wildman–Crippen LogP) is 1.37. The van der Waals surface area contributed by atoms with Gasteiger partial charge in [0.05, 0.1) is 0 Å². The zero-order valence-corrected chi connectivity index (χ0v) is 10.9. The van der Waals surface area contributed by atoms with Crippen LogP contribution in [0.2, 0.25) is 0 Å². The Hall–Kier alpha value is -1.26. The molecule has 1 unspecified atom stereocenters. The average molecular weight is 253 g/mol. The summed E-state index contributed by atoms with van der Waals surface area (Å²) in [5.74, 6) is -0.381. The second-order valence-corrected chi connectivity index (χ2v) is 5.39. The van der Waals surface area contributed by atoms with Crippen molar-refractivity contribution >= 4 is 11.9 Å². The summed E-state index contributed by atoms with van der Waals surface area (Å²) < 4.78 is 0. The Morgan fingerprint density at radius 2 is 1.67 bits per heavy atom. The van der Waals surface area contributed by atoms with E-state index in [9.17, 15) is 9.59 Å². The van der Waals surface area contributed by atoms with Crippen LogP contribution in [0.4, 0.5) is 4.79 Å². The van der Waals surface area contributed by atoms with Crippen molar-refractivity contribution in [1.82, 2.24) is 10.2 Å². The molecule has 3 N–H and O–H groups in total. The number of amides is 3. The van der Waals surface area contributed by atoms with Crippen molar-refractivity contribution in [3.8, 4) is 0 Å². The molecule has 1 saturated carbocycles. The minimum Gasteiger partial charge on any atom is -0.368 e. The molecule has 1 atom stereocenters. The number of carbonyl (C=O) groups excluding carboxylic acids is 2. The van der Waals surface area contributed by atoms with Gasteiger partial charge in [0.25, 0.3) is 0 Å². The first-order valence-electron chi connectivity index (χ1n) is 7.05. The molecule has 3 amide bonds. The number of nitrogens with two attached hydrogens (primary N) is 1. The molecule has 2 fully saturated rings. The van der Waals surface area contributed by atoms with E-state index in [-0.39, 0.29) is 18.0 Å². The molecule has 5 heteroatoms. The van der Waals surface area contributed by atoms with E-state index in [1.807, 2.05) is 0 Å². The highest BCUT2D eigenvalue weighted by Gasteiger charge is 2.31. The molecule has 1 aliphatic heterocycles. The Morgan fingerprint density at radius 3 is 2.33 bits per heavy atom. The van der Waals surface area contributed by atoms with Gasteiger partial charge >= 0.3 is 6.03 Å². The van der Waals surface area contributed by atoms with Gasteiger partial charge in [-0.2, -0.15) is 0 Å². The van der Waals surface area contributed by atoms with Crippen LogP contribution in [-0.2, 0) is 4.79 Å². The van der Waals surface area contributed by atoms with Crippen LogP contribution in [0, 0.1) is 0 Å². The van der Waals surface area contributed by atoms with Crippen LogP contribution in [0.25, 0.3) is 0 Å². The summed E-state index contributed by atoms with van der Waals surface area (Å²) in [6.07, 6.45) is 8.38. The van der Waals surface area contributed by atoms with Crippen LogP contribution in [0.1, 0.15) is 51.4 Å². The molecular formula is C13H23N3O2. The number of urea groups is 1. The Bertz CT molecular complexity index is 313. The molecule has 0 aromatic carbocycles. The molecule has 1 aliphatic carbocycles. The maximum Gasteiger partial charge on any atom is 0.318 e. The van der Waals surface area contributed by atoms with E-state index in [1.54, 1.807) is 4.90 Å². The van der Waals surface area contributed by atoms with Gasteiger partial charge in [-0.25, -0.2) is 4.79 Å². The van der Waals surface area contributed by atoms with Crippen LogP contribution in [0.15, 0.2) is 0 Å². The van der Waals surface area contributed by atoms with E-state index in [0.29, 0.717) is 13.0 Å². The van der Waals surface area contributed by atoms with Crippen LogP contribution < -0.4 is 11.1 Å². The van der Waals surface area contributed by atoms with Gasteiger partial charge in [-0.05, 0) is 32.1 Å². The molecule has 0 spiro atoms. The fourth-order valence-corrected chi connectivity index (χ4v) is 2.97. The molecule has 2 aliphatic rings. The molecule has 1 heterocycles. The summed E-state index contributed by atoms with van der Waals surface area (Å²) >= 11 is 0. The molecule has 0 radical (unpaired) electrons. The number of carbonyl (C=O) groups is 2. The summed E-state index contributed by atoms with van der Waals surface area (Å²) in [7, 11) is 0. The Labute approximate surface area is 108 Å². The highest BCUT2D eigenvalue weighted by molar-refractivity contribution is 5.86. The first-order valence-corrected chi connectivity index (χ1v) is 7.05. The van der Waals surface area contributed by atoms with Crippen molar-refractivity contribution in [2.45, 2.75) is 63.5 Å². The molecular weight excluding hydrogens is 230 g/mol. The van der Waals surface area contributed by atoms with Crippen LogP contribution in [0.5, 0.6) is 0 Å². The first kappa shape index (κ1) is 13.2. The third-order valence-corrected chi connectivity index (χ3v) is 4.02. The summed E-state index contributed by atoms with van der Waals surface area (Å²) in [5, 5.41) is 3.05. The fraction of sp³-hybridized carbons (Fsp3) is 0.846. The molecule has 102 valence electrons. The van der Waals surface area contributed by atoms with Gasteiger partial charge < -0.3 is 16.0 Å². The quantitative estimate of drug-likeness (QED) is 0.780. The first-order chi connectivity index (χ1) is 8.68. The van der Waals surface area contributed by atoms with E-state index in [2.05, 4.69) is 5.32 Å². The number of piperidine rings is 1. The molecule has 5 nitrogen and oxygen atoms in total. The van der Waals surface area contributed by atoms with Gasteiger partial charge in [-0.1, -0.05) is 19.3 Å². The van der Waals surface area contributed by atoms with Crippen molar-refractivity contribution in [2.75, 3.05) is 6.54 Å². The van der Waals surface area contributed by atoms with Crippen LogP contribution in [-0.4, -0.2) is 35.5 Å². The molecule has 0 bridgehead atoms. The number of likely N-dealkylation sites (tertiary alicyclic amines) is 1. The normalized spacial score (nSPS) is 25.8. The molecule has 18 heavy (non-hydrogen) atoms. The topological polar surface area (TPSA) is 75.4 Å². The zero-order chi connectivity index (χ0) is 13.0. The summed E-state index contributed by atoms with van der Waals surface area (Å²) in [5.41, 5.74) is 5.37. The largest absolute Gasteiger partial charge is 0.368 e. The Morgan fingerprint density at radius 1 is 1.00 bits per heavy atom. The third kappa shape index (κ3) is 3.15. The van der Waals surface area contributed by atoms with Gasteiger partial charge in [0.1, 0.15) is 6.04 Å². The highest BCUT2D eigenvalue weighted by Crippen LogP contribution is 2.20. The van der Waals surface area contributed by atoms with Crippen molar-refractivity contribution in [3.63, 3.8) is 0 Å². The lowest BCUT2D eigenvalue weighted by molar-refractivity contribution is -0.123. The predicted molar refractivity (Wildman–Crippen MR) is 68.9 cm³/mol. The highest BCUT2D eigenvalue weighted by atomic mass is 16.2. The van der Waals surface area contributed by atoms with E-state index in [4.69, 9.17) is 5.73 Å². The maximum absolute atomic E-state index is 12.2. The lowest BCUT2D eigenvalue weighted by atomic mass is 9.95. The van der Waals surface area contributed by atoms with Crippen molar-refractivity contribution in [3.05, 3.63) is 0 Å². The van der Waals surface area contributed by atoms with Crippen molar-refractivity contribution in [2.24, 2.45) is 5.73 Å². The summed E-state index contributed by atoms with van der Waals surface area (Å²) in [6, 6.07) is -0.241. The Kier molecular flexibility index (Phi) is 4.44. The van der Waals surface area contributed by atoms with Crippen molar-refractivity contribution in [1.29, 1.82) is 0 Å². The van der Waals surface area contributed by atoms with E-state index < -0.39 is 6.04 Å². The lowest BCUT2D eigenvalue weighted by Crippen LogP contribution is -2.55. The van der Waals surface area contributed by atoms with Gasteiger partial charge in [-0.3, -0.25) is 4.79 Å². The maximum atomic E-state index is 12.2. The number of primary amides is 1. The number of nitrogens with zero attached hydrogens (tertiary/aromatic N) is 1. The molecule has 1 saturated heterocycles. The number of hydrogen-bond donors (Lipinski definition) is 2. The second-order valence-electron chi connectivity index (χ2n) is 5.39. The van der Waals surface area contributed by atoms with Gasteiger partial charge in [-0.15, -0.1) is 0 Å². The number of rotatable bonds is 2. The van der Waals surface area contributed by atoms with Gasteiger partial charge in [0.2, 0.25) is 5.91 Å². The average Bonchev–Trinajstić information content (AvgIpc) is 2.40. The van der Waals surface area contributed by atoms with E-state index in [0.717, 1.165) is 25.7 Å². The second kappa shape index (κ2) is 6.07. The summed E-state index contributed by atoms with van der Waals surface area (Å²) in [4.78, 5) is 25.2.